The summed E-state index contributed by atoms with van der Waals surface area (Å²) in [5, 5.41) is 2.39. The van der Waals surface area contributed by atoms with Crippen LogP contribution in [0.3, 0.4) is 0 Å². The van der Waals surface area contributed by atoms with Gasteiger partial charge in [-0.05, 0) is 25.9 Å². The van der Waals surface area contributed by atoms with Crippen molar-refractivity contribution in [2.75, 3.05) is 13.1 Å². The summed E-state index contributed by atoms with van der Waals surface area (Å²) < 4.78 is 0. The molecule has 1 aliphatic rings. The van der Waals surface area contributed by atoms with Crippen molar-refractivity contribution in [1.82, 2.24) is 15.3 Å². The van der Waals surface area contributed by atoms with Crippen molar-refractivity contribution in [1.29, 1.82) is 0 Å². The Balaban J connectivity index is 1.91. The second kappa shape index (κ2) is 6.82. The molecule has 2 rings (SSSR count). The fourth-order valence-electron chi connectivity index (χ4n) is 2.25. The van der Waals surface area contributed by atoms with E-state index in [0.717, 1.165) is 25.3 Å². The van der Waals surface area contributed by atoms with Gasteiger partial charge in [0.05, 0.1) is 5.69 Å². The van der Waals surface area contributed by atoms with Crippen molar-refractivity contribution >= 4 is 17.2 Å². The van der Waals surface area contributed by atoms with Crippen LogP contribution in [-0.4, -0.2) is 28.9 Å². The number of nitrogens with two attached hydrogens (primary N) is 1. The fourth-order valence-corrected chi connectivity index (χ4v) is 2.96. The standard InChI is InChI=1S/C12H20N4OS/c13-15-11(17)12-14-10(9-18-12)8-16-6-4-2-1-3-5-7-16/h9H,1-8,13H2,(H,15,17). The molecule has 6 heteroatoms. The molecule has 2 heterocycles. The first-order valence-corrected chi connectivity index (χ1v) is 7.35. The fraction of sp³-hybridized carbons (Fsp3) is 0.667. The summed E-state index contributed by atoms with van der Waals surface area (Å²) in [4.78, 5) is 18.1. The summed E-state index contributed by atoms with van der Waals surface area (Å²) in [6.45, 7) is 3.11. The molecule has 1 amide bonds. The van der Waals surface area contributed by atoms with Gasteiger partial charge in [0.2, 0.25) is 0 Å². The van der Waals surface area contributed by atoms with E-state index in [0.29, 0.717) is 5.01 Å². The van der Waals surface area contributed by atoms with Crippen molar-refractivity contribution in [3.63, 3.8) is 0 Å². The molecule has 0 atom stereocenters. The first-order valence-electron chi connectivity index (χ1n) is 6.47. The third-order valence-electron chi connectivity index (χ3n) is 3.21. The molecule has 0 aliphatic carbocycles. The lowest BCUT2D eigenvalue weighted by Crippen LogP contribution is -2.30. The zero-order valence-electron chi connectivity index (χ0n) is 10.5. The number of nitrogen functional groups attached to an aromatic ring is 1. The molecule has 1 aliphatic heterocycles. The van der Waals surface area contributed by atoms with Crippen molar-refractivity contribution in [2.45, 2.75) is 38.6 Å². The zero-order valence-corrected chi connectivity index (χ0v) is 11.3. The van der Waals surface area contributed by atoms with Gasteiger partial charge in [0, 0.05) is 11.9 Å². The van der Waals surface area contributed by atoms with Gasteiger partial charge in [-0.25, -0.2) is 10.8 Å². The quantitative estimate of drug-likeness (QED) is 0.495. The molecule has 3 N–H and O–H groups in total. The van der Waals surface area contributed by atoms with E-state index in [1.54, 1.807) is 0 Å². The van der Waals surface area contributed by atoms with Gasteiger partial charge in [-0.1, -0.05) is 19.3 Å². The van der Waals surface area contributed by atoms with Gasteiger partial charge in [0.15, 0.2) is 5.01 Å². The number of thiazole rings is 1. The molecule has 0 bridgehead atoms. The second-order valence-electron chi connectivity index (χ2n) is 4.66. The molecular weight excluding hydrogens is 248 g/mol. The van der Waals surface area contributed by atoms with Crippen LogP contribution in [0.4, 0.5) is 0 Å². The number of carbonyl (C=O) groups excluding carboxylic acids is 1. The van der Waals surface area contributed by atoms with Gasteiger partial charge < -0.3 is 0 Å². The van der Waals surface area contributed by atoms with Gasteiger partial charge in [-0.15, -0.1) is 11.3 Å². The van der Waals surface area contributed by atoms with Gasteiger partial charge in [0.25, 0.3) is 5.91 Å². The van der Waals surface area contributed by atoms with Crippen molar-refractivity contribution in [2.24, 2.45) is 5.84 Å². The van der Waals surface area contributed by atoms with Gasteiger partial charge in [-0.2, -0.15) is 0 Å². The van der Waals surface area contributed by atoms with Crippen LogP contribution >= 0.6 is 11.3 Å². The number of likely N-dealkylation sites (tertiary alicyclic amines) is 1. The maximum absolute atomic E-state index is 11.3. The van der Waals surface area contributed by atoms with E-state index in [1.165, 1.54) is 43.4 Å². The maximum atomic E-state index is 11.3. The number of rotatable bonds is 3. The number of nitrogens with one attached hydrogen (secondary N) is 1. The average molecular weight is 268 g/mol. The first kappa shape index (κ1) is 13.5. The van der Waals surface area contributed by atoms with Crippen LogP contribution < -0.4 is 11.3 Å². The monoisotopic (exact) mass is 268 g/mol. The molecule has 100 valence electrons. The van der Waals surface area contributed by atoms with E-state index in [-0.39, 0.29) is 5.91 Å². The summed E-state index contributed by atoms with van der Waals surface area (Å²) in [5.41, 5.74) is 3.08. The van der Waals surface area contributed by atoms with Crippen LogP contribution in [0.15, 0.2) is 5.38 Å². The van der Waals surface area contributed by atoms with Crippen LogP contribution in [-0.2, 0) is 6.54 Å². The van der Waals surface area contributed by atoms with Crippen LogP contribution in [0.25, 0.3) is 0 Å². The molecule has 0 spiro atoms. The minimum absolute atomic E-state index is 0.307. The first-order chi connectivity index (χ1) is 8.79. The van der Waals surface area contributed by atoms with Crippen molar-refractivity contribution in [3.05, 3.63) is 16.1 Å². The summed E-state index contributed by atoms with van der Waals surface area (Å²) in [6, 6.07) is 0. The van der Waals surface area contributed by atoms with Crippen LogP contribution in [0.1, 0.15) is 47.6 Å². The molecule has 0 unspecified atom stereocenters. The van der Waals surface area contributed by atoms with Crippen molar-refractivity contribution < 1.29 is 4.79 Å². The van der Waals surface area contributed by atoms with Crippen LogP contribution in [0.2, 0.25) is 0 Å². The predicted octanol–water partition coefficient (Wildman–Crippen LogP) is 1.51. The minimum Gasteiger partial charge on any atom is -0.297 e. The van der Waals surface area contributed by atoms with Crippen molar-refractivity contribution in [3.8, 4) is 0 Å². The molecule has 0 saturated carbocycles. The number of aromatic nitrogens is 1. The van der Waals surface area contributed by atoms with E-state index in [9.17, 15) is 4.79 Å². The Morgan fingerprint density at radius 1 is 1.33 bits per heavy atom. The number of hydrazine groups is 1. The highest BCUT2D eigenvalue weighted by molar-refractivity contribution is 7.11. The van der Waals surface area contributed by atoms with E-state index in [1.807, 2.05) is 5.38 Å². The predicted molar refractivity (Wildman–Crippen MR) is 72.1 cm³/mol. The summed E-state index contributed by atoms with van der Waals surface area (Å²) >= 11 is 1.35. The third-order valence-corrected chi connectivity index (χ3v) is 4.10. The Labute approximate surface area is 111 Å². The maximum Gasteiger partial charge on any atom is 0.294 e. The van der Waals surface area contributed by atoms with E-state index in [4.69, 9.17) is 5.84 Å². The van der Waals surface area contributed by atoms with Gasteiger partial charge in [0.1, 0.15) is 0 Å². The largest absolute Gasteiger partial charge is 0.297 e. The Morgan fingerprint density at radius 3 is 2.67 bits per heavy atom. The topological polar surface area (TPSA) is 71.2 Å². The summed E-state index contributed by atoms with van der Waals surface area (Å²) in [6.07, 6.45) is 6.55. The zero-order chi connectivity index (χ0) is 12.8. The molecule has 0 radical (unpaired) electrons. The highest BCUT2D eigenvalue weighted by Gasteiger charge is 2.13. The molecule has 1 fully saturated rings. The molecule has 0 aromatic carbocycles. The molecule has 1 aromatic rings. The number of carbonyl (C=O) groups is 1. The Bertz CT molecular complexity index is 385. The number of hydrogen-bond donors (Lipinski definition) is 2. The lowest BCUT2D eigenvalue weighted by molar-refractivity contribution is 0.0953. The molecule has 1 aromatic heterocycles. The SMILES string of the molecule is NNC(=O)c1nc(CN2CCCCCCC2)cs1. The second-order valence-corrected chi connectivity index (χ2v) is 5.52. The molecule has 18 heavy (non-hydrogen) atoms. The third kappa shape index (κ3) is 3.76. The van der Waals surface area contributed by atoms with Gasteiger partial charge in [-0.3, -0.25) is 15.1 Å². The number of amides is 1. The lowest BCUT2D eigenvalue weighted by Gasteiger charge is -2.23. The summed E-state index contributed by atoms with van der Waals surface area (Å²) in [7, 11) is 0. The normalized spacial score (nSPS) is 18.1. The summed E-state index contributed by atoms with van der Waals surface area (Å²) in [5.74, 6) is 4.79. The van der Waals surface area contributed by atoms with E-state index < -0.39 is 0 Å². The minimum atomic E-state index is -0.307. The lowest BCUT2D eigenvalue weighted by atomic mass is 10.1. The average Bonchev–Trinajstić information content (AvgIpc) is 2.80. The Morgan fingerprint density at radius 2 is 2.00 bits per heavy atom. The molecule has 1 saturated heterocycles. The Hall–Kier alpha value is -0.980. The number of hydrogen-bond acceptors (Lipinski definition) is 5. The van der Waals surface area contributed by atoms with Gasteiger partial charge >= 0.3 is 0 Å². The van der Waals surface area contributed by atoms with Crippen LogP contribution in [0, 0.1) is 0 Å². The Kier molecular flexibility index (Phi) is 5.10. The number of nitrogens with zero attached hydrogens (tertiary/aromatic N) is 2. The van der Waals surface area contributed by atoms with E-state index >= 15 is 0 Å². The van der Waals surface area contributed by atoms with Crippen LogP contribution in [0.5, 0.6) is 0 Å². The van der Waals surface area contributed by atoms with E-state index in [2.05, 4.69) is 15.3 Å². The molecule has 5 nitrogen and oxygen atoms in total. The molecular formula is C12H20N4OS. The smallest absolute Gasteiger partial charge is 0.294 e. The highest BCUT2D eigenvalue weighted by atomic mass is 32.1. The highest BCUT2D eigenvalue weighted by Crippen LogP contribution is 2.15.